The molecule has 0 aromatic heterocycles. The minimum atomic E-state index is -0.0129. The number of ether oxygens (including phenoxy) is 2. The molecular formula is C25H32N2O4. The molecule has 1 saturated heterocycles. The summed E-state index contributed by atoms with van der Waals surface area (Å²) in [5, 5.41) is 3.08. The lowest BCUT2D eigenvalue weighted by molar-refractivity contribution is -0.122. The summed E-state index contributed by atoms with van der Waals surface area (Å²) < 4.78 is 11.2. The molecule has 2 amide bonds. The molecule has 6 nitrogen and oxygen atoms in total. The number of piperidine rings is 1. The molecule has 0 radical (unpaired) electrons. The van der Waals surface area contributed by atoms with Crippen LogP contribution in [-0.4, -0.2) is 49.1 Å². The Bertz CT molecular complexity index is 887. The van der Waals surface area contributed by atoms with Gasteiger partial charge in [0.25, 0.3) is 5.91 Å². The second-order valence-corrected chi connectivity index (χ2v) is 7.96. The molecule has 1 fully saturated rings. The molecular weight excluding hydrogens is 392 g/mol. The van der Waals surface area contributed by atoms with Gasteiger partial charge in [0.2, 0.25) is 5.91 Å². The molecule has 0 aliphatic carbocycles. The van der Waals surface area contributed by atoms with E-state index in [9.17, 15) is 9.59 Å². The van der Waals surface area contributed by atoms with Gasteiger partial charge >= 0.3 is 0 Å². The molecule has 1 heterocycles. The number of hydrogen-bond donors (Lipinski definition) is 1. The van der Waals surface area contributed by atoms with Crippen molar-refractivity contribution >= 4 is 11.8 Å². The summed E-state index contributed by atoms with van der Waals surface area (Å²) in [5.74, 6) is 1.59. The summed E-state index contributed by atoms with van der Waals surface area (Å²) in [7, 11) is 0. The Balaban J connectivity index is 1.39. The Morgan fingerprint density at radius 3 is 2.39 bits per heavy atom. The standard InChI is InChI=1S/C25H32N2O4/c1-4-30-22-8-6-20(7-9-22)25(29)27-14-11-21(12-15-27)26-24(28)13-16-31-23-10-5-18(2)17-19(23)3/h5-10,17,21H,4,11-16H2,1-3H3,(H,26,28). The van der Waals surface area contributed by atoms with E-state index in [2.05, 4.69) is 11.4 Å². The summed E-state index contributed by atoms with van der Waals surface area (Å²) in [6.45, 7) is 8.20. The SMILES string of the molecule is CCOc1ccc(C(=O)N2CCC(NC(=O)CCOc3ccc(C)cc3C)CC2)cc1. The van der Waals surface area contributed by atoms with E-state index in [1.165, 1.54) is 5.56 Å². The predicted molar refractivity (Wildman–Crippen MR) is 121 cm³/mol. The number of carbonyl (C=O) groups is 2. The third kappa shape index (κ3) is 6.48. The van der Waals surface area contributed by atoms with Crippen LogP contribution >= 0.6 is 0 Å². The summed E-state index contributed by atoms with van der Waals surface area (Å²) in [6, 6.07) is 13.4. The van der Waals surface area contributed by atoms with Crippen LogP contribution in [0.25, 0.3) is 0 Å². The van der Waals surface area contributed by atoms with Gasteiger partial charge in [-0.1, -0.05) is 17.7 Å². The van der Waals surface area contributed by atoms with E-state index in [1.807, 2.05) is 49.9 Å². The first-order chi connectivity index (χ1) is 15.0. The molecule has 1 aliphatic heterocycles. The lowest BCUT2D eigenvalue weighted by Gasteiger charge is -2.32. The number of rotatable bonds is 8. The van der Waals surface area contributed by atoms with Gasteiger partial charge in [-0.3, -0.25) is 9.59 Å². The van der Waals surface area contributed by atoms with Crippen LogP contribution < -0.4 is 14.8 Å². The number of benzene rings is 2. The van der Waals surface area contributed by atoms with Crippen molar-refractivity contribution in [2.24, 2.45) is 0 Å². The first kappa shape index (κ1) is 22.7. The van der Waals surface area contributed by atoms with Crippen molar-refractivity contribution in [1.82, 2.24) is 10.2 Å². The quantitative estimate of drug-likeness (QED) is 0.698. The van der Waals surface area contributed by atoms with Crippen molar-refractivity contribution in [2.75, 3.05) is 26.3 Å². The minimum Gasteiger partial charge on any atom is -0.494 e. The van der Waals surface area contributed by atoms with E-state index >= 15 is 0 Å². The van der Waals surface area contributed by atoms with E-state index in [1.54, 1.807) is 12.1 Å². The van der Waals surface area contributed by atoms with Crippen molar-refractivity contribution in [2.45, 2.75) is 46.1 Å². The van der Waals surface area contributed by atoms with E-state index in [0.29, 0.717) is 38.3 Å². The molecule has 0 spiro atoms. The first-order valence-electron chi connectivity index (χ1n) is 11.0. The van der Waals surface area contributed by atoms with Crippen LogP contribution in [0.15, 0.2) is 42.5 Å². The lowest BCUT2D eigenvalue weighted by atomic mass is 10.0. The number of aryl methyl sites for hydroxylation is 2. The molecule has 1 aliphatic rings. The van der Waals surface area contributed by atoms with Crippen LogP contribution in [0, 0.1) is 13.8 Å². The van der Waals surface area contributed by atoms with Gasteiger partial charge in [0.05, 0.1) is 19.6 Å². The molecule has 0 bridgehead atoms. The Kier molecular flexibility index (Phi) is 7.93. The minimum absolute atomic E-state index is 0.0129. The molecule has 6 heteroatoms. The highest BCUT2D eigenvalue weighted by Gasteiger charge is 2.24. The Morgan fingerprint density at radius 1 is 1.03 bits per heavy atom. The van der Waals surface area contributed by atoms with E-state index < -0.39 is 0 Å². The van der Waals surface area contributed by atoms with E-state index in [0.717, 1.165) is 29.9 Å². The van der Waals surface area contributed by atoms with E-state index in [4.69, 9.17) is 9.47 Å². The van der Waals surface area contributed by atoms with Gasteiger partial charge < -0.3 is 19.7 Å². The Labute approximate surface area is 184 Å². The van der Waals surface area contributed by atoms with Crippen LogP contribution in [0.3, 0.4) is 0 Å². The number of likely N-dealkylation sites (tertiary alicyclic amines) is 1. The zero-order valence-corrected chi connectivity index (χ0v) is 18.6. The molecule has 3 rings (SSSR count). The summed E-state index contributed by atoms with van der Waals surface area (Å²) in [5.41, 5.74) is 2.93. The first-order valence-corrected chi connectivity index (χ1v) is 11.0. The second kappa shape index (κ2) is 10.8. The largest absolute Gasteiger partial charge is 0.494 e. The number of nitrogens with zero attached hydrogens (tertiary/aromatic N) is 1. The van der Waals surface area contributed by atoms with Crippen LogP contribution in [0.4, 0.5) is 0 Å². The number of nitrogens with one attached hydrogen (secondary N) is 1. The zero-order valence-electron chi connectivity index (χ0n) is 18.6. The molecule has 31 heavy (non-hydrogen) atoms. The van der Waals surface area contributed by atoms with Gasteiger partial charge in [0.1, 0.15) is 11.5 Å². The summed E-state index contributed by atoms with van der Waals surface area (Å²) in [4.78, 5) is 26.8. The second-order valence-electron chi connectivity index (χ2n) is 7.96. The van der Waals surface area contributed by atoms with Crippen molar-refractivity contribution in [1.29, 1.82) is 0 Å². The summed E-state index contributed by atoms with van der Waals surface area (Å²) >= 11 is 0. The Hall–Kier alpha value is -3.02. The third-order valence-electron chi connectivity index (χ3n) is 5.48. The smallest absolute Gasteiger partial charge is 0.253 e. The van der Waals surface area contributed by atoms with Crippen LogP contribution in [-0.2, 0) is 4.79 Å². The topological polar surface area (TPSA) is 67.9 Å². The van der Waals surface area contributed by atoms with Gasteiger partial charge in [-0.25, -0.2) is 0 Å². The van der Waals surface area contributed by atoms with E-state index in [-0.39, 0.29) is 17.9 Å². The van der Waals surface area contributed by atoms with Gasteiger partial charge in [-0.05, 0) is 69.5 Å². The Morgan fingerprint density at radius 2 is 1.74 bits per heavy atom. The maximum absolute atomic E-state index is 12.7. The van der Waals surface area contributed by atoms with Crippen LogP contribution in [0.2, 0.25) is 0 Å². The number of carbonyl (C=O) groups excluding carboxylic acids is 2. The molecule has 0 saturated carbocycles. The normalized spacial score (nSPS) is 14.2. The fraction of sp³-hybridized carbons (Fsp3) is 0.440. The number of amides is 2. The number of hydrogen-bond acceptors (Lipinski definition) is 4. The van der Waals surface area contributed by atoms with Crippen LogP contribution in [0.1, 0.15) is 47.7 Å². The van der Waals surface area contributed by atoms with Crippen molar-refractivity contribution < 1.29 is 19.1 Å². The average molecular weight is 425 g/mol. The molecule has 0 unspecified atom stereocenters. The van der Waals surface area contributed by atoms with Crippen molar-refractivity contribution in [3.8, 4) is 11.5 Å². The monoisotopic (exact) mass is 424 g/mol. The zero-order chi connectivity index (χ0) is 22.2. The maximum atomic E-state index is 12.7. The highest BCUT2D eigenvalue weighted by molar-refractivity contribution is 5.94. The van der Waals surface area contributed by atoms with Gasteiger partial charge in [0, 0.05) is 24.7 Å². The van der Waals surface area contributed by atoms with Crippen molar-refractivity contribution in [3.05, 3.63) is 59.2 Å². The predicted octanol–water partition coefficient (Wildman–Crippen LogP) is 3.89. The van der Waals surface area contributed by atoms with Gasteiger partial charge in [-0.2, -0.15) is 0 Å². The fourth-order valence-corrected chi connectivity index (χ4v) is 3.78. The van der Waals surface area contributed by atoms with Crippen LogP contribution in [0.5, 0.6) is 11.5 Å². The summed E-state index contributed by atoms with van der Waals surface area (Å²) in [6.07, 6.45) is 1.83. The van der Waals surface area contributed by atoms with Gasteiger partial charge in [0.15, 0.2) is 0 Å². The lowest BCUT2D eigenvalue weighted by Crippen LogP contribution is -2.46. The van der Waals surface area contributed by atoms with Crippen molar-refractivity contribution in [3.63, 3.8) is 0 Å². The average Bonchev–Trinajstić information content (AvgIpc) is 2.76. The molecule has 166 valence electrons. The molecule has 2 aromatic rings. The maximum Gasteiger partial charge on any atom is 0.253 e. The molecule has 0 atom stereocenters. The third-order valence-corrected chi connectivity index (χ3v) is 5.48. The fourth-order valence-electron chi connectivity index (χ4n) is 3.78. The highest BCUT2D eigenvalue weighted by atomic mass is 16.5. The molecule has 1 N–H and O–H groups in total. The molecule has 2 aromatic carbocycles. The van der Waals surface area contributed by atoms with Gasteiger partial charge in [-0.15, -0.1) is 0 Å². The highest BCUT2D eigenvalue weighted by Crippen LogP contribution is 2.19.